The summed E-state index contributed by atoms with van der Waals surface area (Å²) in [6.45, 7) is 18.3. The van der Waals surface area contributed by atoms with Gasteiger partial charge in [0, 0.05) is 93.3 Å². The van der Waals surface area contributed by atoms with Crippen LogP contribution >= 0.6 is 0 Å². The Bertz CT molecular complexity index is 1170. The number of pyridine rings is 1. The van der Waals surface area contributed by atoms with Crippen LogP contribution in [0.25, 0.3) is 22.2 Å². The van der Waals surface area contributed by atoms with Gasteiger partial charge >= 0.3 is 0 Å². The van der Waals surface area contributed by atoms with Gasteiger partial charge in [-0.15, -0.1) is 0 Å². The number of hydrogen-bond donors (Lipinski definition) is 0. The van der Waals surface area contributed by atoms with Crippen molar-refractivity contribution in [3.63, 3.8) is 0 Å². The number of ether oxygens (including phenoxy) is 1. The van der Waals surface area contributed by atoms with Crippen LogP contribution in [0.2, 0.25) is 0 Å². The topological polar surface area (TPSA) is 36.8 Å². The number of hydrogen-bond acceptors (Lipinski definition) is 5. The maximum atomic E-state index is 5.51. The van der Waals surface area contributed by atoms with Crippen molar-refractivity contribution < 1.29 is 4.74 Å². The molecular formula is C29H41N5O. The van der Waals surface area contributed by atoms with E-state index in [9.17, 15) is 0 Å². The van der Waals surface area contributed by atoms with E-state index in [0.29, 0.717) is 6.04 Å². The average Bonchev–Trinajstić information content (AvgIpc) is 3.18. The predicted octanol–water partition coefficient (Wildman–Crippen LogP) is 4.26. The standard InChI is InChI=1S/C29H41N5O/c1-21(2)33-10-12-34(13-11-33)27-7-6-24(18-22(27)3)29-26-20-25(8-9-32-14-16-35-17-15-32)31(5)28(26)19-23(4)30-29/h6-7,18-21H,8-17H2,1-5H3. The van der Waals surface area contributed by atoms with E-state index < -0.39 is 0 Å². The molecule has 2 aromatic heterocycles. The van der Waals surface area contributed by atoms with Gasteiger partial charge < -0.3 is 14.2 Å². The fourth-order valence-corrected chi connectivity index (χ4v) is 5.70. The highest BCUT2D eigenvalue weighted by molar-refractivity contribution is 5.94. The van der Waals surface area contributed by atoms with E-state index in [2.05, 4.69) is 84.3 Å². The summed E-state index contributed by atoms with van der Waals surface area (Å²) < 4.78 is 7.88. The van der Waals surface area contributed by atoms with Crippen molar-refractivity contribution >= 4 is 16.6 Å². The van der Waals surface area contributed by atoms with Crippen LogP contribution in [0.1, 0.15) is 30.8 Å². The monoisotopic (exact) mass is 475 g/mol. The van der Waals surface area contributed by atoms with Gasteiger partial charge in [-0.2, -0.15) is 0 Å². The van der Waals surface area contributed by atoms with E-state index in [0.717, 1.165) is 76.8 Å². The molecule has 2 fully saturated rings. The van der Waals surface area contributed by atoms with Crippen molar-refractivity contribution in [2.24, 2.45) is 7.05 Å². The Morgan fingerprint density at radius 1 is 0.943 bits per heavy atom. The Morgan fingerprint density at radius 3 is 2.37 bits per heavy atom. The van der Waals surface area contributed by atoms with E-state index in [1.165, 1.54) is 33.4 Å². The Hall–Kier alpha value is -2.41. The number of fused-ring (bicyclic) bond motifs is 1. The summed E-state index contributed by atoms with van der Waals surface area (Å²) in [5.74, 6) is 0. The molecule has 0 aliphatic carbocycles. The number of piperazine rings is 1. The molecular weight excluding hydrogens is 434 g/mol. The van der Waals surface area contributed by atoms with Crippen LogP contribution in [0.5, 0.6) is 0 Å². The van der Waals surface area contributed by atoms with Crippen molar-refractivity contribution in [3.05, 3.63) is 47.3 Å². The third-order valence-electron chi connectivity index (χ3n) is 7.91. The minimum Gasteiger partial charge on any atom is -0.379 e. The number of morpholine rings is 1. The summed E-state index contributed by atoms with van der Waals surface area (Å²) in [4.78, 5) is 12.7. The summed E-state index contributed by atoms with van der Waals surface area (Å²) in [5, 5.41) is 1.26. The number of nitrogens with zero attached hydrogens (tertiary/aromatic N) is 5. The summed E-state index contributed by atoms with van der Waals surface area (Å²) in [5.41, 5.74) is 8.73. The predicted molar refractivity (Wildman–Crippen MR) is 146 cm³/mol. The lowest BCUT2D eigenvalue weighted by Gasteiger charge is -2.38. The first kappa shape index (κ1) is 24.3. The molecule has 0 saturated carbocycles. The minimum atomic E-state index is 0.625. The second-order valence-electron chi connectivity index (χ2n) is 10.6. The smallest absolute Gasteiger partial charge is 0.0799 e. The Labute approximate surface area is 210 Å². The SMILES string of the molecule is Cc1cc2c(cc(CCN3CCOCC3)n2C)c(-c2ccc(N3CCN(C(C)C)CC3)c(C)c2)n1. The lowest BCUT2D eigenvalue weighted by Crippen LogP contribution is -2.49. The van der Waals surface area contributed by atoms with Crippen molar-refractivity contribution in [1.82, 2.24) is 19.4 Å². The van der Waals surface area contributed by atoms with E-state index in [1.54, 1.807) is 0 Å². The van der Waals surface area contributed by atoms with Gasteiger partial charge in [0.2, 0.25) is 0 Å². The maximum absolute atomic E-state index is 5.51. The van der Waals surface area contributed by atoms with Gasteiger partial charge in [-0.05, 0) is 57.5 Å². The molecule has 3 aromatic rings. The van der Waals surface area contributed by atoms with Crippen LogP contribution in [-0.4, -0.2) is 84.4 Å². The average molecular weight is 476 g/mol. The number of rotatable bonds is 6. The van der Waals surface area contributed by atoms with Crippen molar-refractivity contribution in [2.75, 3.05) is 63.9 Å². The molecule has 6 nitrogen and oxygen atoms in total. The third-order valence-corrected chi connectivity index (χ3v) is 7.91. The Kier molecular flexibility index (Phi) is 7.14. The number of anilines is 1. The van der Waals surface area contributed by atoms with Gasteiger partial charge in [0.05, 0.1) is 24.4 Å². The van der Waals surface area contributed by atoms with E-state index in [1.807, 2.05) is 0 Å². The molecule has 2 aliphatic rings. The molecule has 0 unspecified atom stereocenters. The van der Waals surface area contributed by atoms with E-state index in [4.69, 9.17) is 9.72 Å². The molecule has 6 heteroatoms. The molecule has 0 amide bonds. The lowest BCUT2D eigenvalue weighted by molar-refractivity contribution is 0.0383. The van der Waals surface area contributed by atoms with Crippen LogP contribution in [-0.2, 0) is 18.2 Å². The largest absolute Gasteiger partial charge is 0.379 e. The quantitative estimate of drug-likeness (QED) is 0.532. The van der Waals surface area contributed by atoms with Crippen LogP contribution in [0, 0.1) is 13.8 Å². The summed E-state index contributed by atoms with van der Waals surface area (Å²) in [6, 6.07) is 12.1. The van der Waals surface area contributed by atoms with Gasteiger partial charge in [-0.1, -0.05) is 6.07 Å². The van der Waals surface area contributed by atoms with Gasteiger partial charge in [0.25, 0.3) is 0 Å². The first-order valence-electron chi connectivity index (χ1n) is 13.3. The first-order valence-corrected chi connectivity index (χ1v) is 13.3. The number of benzene rings is 1. The van der Waals surface area contributed by atoms with Gasteiger partial charge in [0.1, 0.15) is 0 Å². The molecule has 1 aromatic carbocycles. The number of aryl methyl sites for hydroxylation is 3. The van der Waals surface area contributed by atoms with Gasteiger partial charge in [-0.3, -0.25) is 14.8 Å². The normalized spacial score (nSPS) is 18.2. The fraction of sp³-hybridized carbons (Fsp3) is 0.552. The molecule has 0 atom stereocenters. The third kappa shape index (κ3) is 5.11. The zero-order valence-corrected chi connectivity index (χ0v) is 22.2. The van der Waals surface area contributed by atoms with Crippen LogP contribution in [0.15, 0.2) is 30.3 Å². The molecule has 2 saturated heterocycles. The summed E-state index contributed by atoms with van der Waals surface area (Å²) in [7, 11) is 2.20. The summed E-state index contributed by atoms with van der Waals surface area (Å²) >= 11 is 0. The van der Waals surface area contributed by atoms with E-state index >= 15 is 0 Å². The molecule has 0 N–H and O–H groups in total. The molecule has 35 heavy (non-hydrogen) atoms. The van der Waals surface area contributed by atoms with Crippen molar-refractivity contribution in [2.45, 2.75) is 40.2 Å². The van der Waals surface area contributed by atoms with Crippen molar-refractivity contribution in [3.8, 4) is 11.3 Å². The molecule has 5 rings (SSSR count). The maximum Gasteiger partial charge on any atom is 0.0799 e. The van der Waals surface area contributed by atoms with Crippen LogP contribution < -0.4 is 4.90 Å². The molecule has 188 valence electrons. The minimum absolute atomic E-state index is 0.625. The Morgan fingerprint density at radius 2 is 1.69 bits per heavy atom. The zero-order chi connectivity index (χ0) is 24.5. The molecule has 0 radical (unpaired) electrons. The fourth-order valence-electron chi connectivity index (χ4n) is 5.70. The molecule has 0 bridgehead atoms. The number of aromatic nitrogens is 2. The van der Waals surface area contributed by atoms with Crippen molar-refractivity contribution in [1.29, 1.82) is 0 Å². The Balaban J connectivity index is 1.40. The highest BCUT2D eigenvalue weighted by Gasteiger charge is 2.21. The first-order chi connectivity index (χ1) is 16.9. The van der Waals surface area contributed by atoms with Crippen LogP contribution in [0.4, 0.5) is 5.69 Å². The molecule has 0 spiro atoms. The lowest BCUT2D eigenvalue weighted by atomic mass is 10.0. The van der Waals surface area contributed by atoms with Crippen LogP contribution in [0.3, 0.4) is 0 Å². The molecule has 4 heterocycles. The highest BCUT2D eigenvalue weighted by Crippen LogP contribution is 2.33. The second kappa shape index (κ2) is 10.3. The zero-order valence-electron chi connectivity index (χ0n) is 22.2. The van der Waals surface area contributed by atoms with Gasteiger partial charge in [0.15, 0.2) is 0 Å². The molecule has 2 aliphatic heterocycles. The highest BCUT2D eigenvalue weighted by atomic mass is 16.5. The second-order valence-corrected chi connectivity index (χ2v) is 10.6. The van der Waals surface area contributed by atoms with E-state index in [-0.39, 0.29) is 0 Å². The van der Waals surface area contributed by atoms with Gasteiger partial charge in [-0.25, -0.2) is 0 Å². The summed E-state index contributed by atoms with van der Waals surface area (Å²) in [6.07, 6.45) is 1.05.